The summed E-state index contributed by atoms with van der Waals surface area (Å²) in [4.78, 5) is 0. The molecule has 1 saturated heterocycles. The van der Waals surface area contributed by atoms with Gasteiger partial charge in [0.25, 0.3) is 0 Å². The van der Waals surface area contributed by atoms with E-state index in [0.717, 1.165) is 12.0 Å². The molecule has 74 valence electrons. The topological polar surface area (TPSA) is 29.5 Å². The van der Waals surface area contributed by atoms with Crippen molar-refractivity contribution in [1.82, 2.24) is 0 Å². The van der Waals surface area contributed by atoms with Crippen molar-refractivity contribution in [3.05, 3.63) is 35.4 Å². The van der Waals surface area contributed by atoms with Gasteiger partial charge in [0.15, 0.2) is 0 Å². The van der Waals surface area contributed by atoms with E-state index < -0.39 is 0 Å². The first-order chi connectivity index (χ1) is 6.71. The van der Waals surface area contributed by atoms with E-state index in [2.05, 4.69) is 13.0 Å². The minimum atomic E-state index is -0.363. The van der Waals surface area contributed by atoms with Gasteiger partial charge in [-0.25, -0.2) is 0 Å². The molecule has 2 nitrogen and oxygen atoms in total. The molecule has 0 saturated carbocycles. The van der Waals surface area contributed by atoms with Crippen molar-refractivity contribution in [2.45, 2.75) is 25.6 Å². The smallest absolute Gasteiger partial charge is 0.0870 e. The largest absolute Gasteiger partial charge is 0.388 e. The average Bonchev–Trinajstić information content (AvgIpc) is 2.57. The van der Waals surface area contributed by atoms with Crippen molar-refractivity contribution in [2.75, 3.05) is 6.61 Å². The highest BCUT2D eigenvalue weighted by Gasteiger charge is 2.48. The molecule has 1 aliphatic heterocycles. The first kappa shape index (κ1) is 8.45. The van der Waals surface area contributed by atoms with Crippen molar-refractivity contribution in [3.8, 4) is 0 Å². The lowest BCUT2D eigenvalue weighted by Crippen LogP contribution is -2.29. The first-order valence-corrected chi connectivity index (χ1v) is 5.09. The Bertz CT molecular complexity index is 374. The molecule has 1 heterocycles. The first-order valence-electron chi connectivity index (χ1n) is 5.09. The van der Waals surface area contributed by atoms with E-state index in [9.17, 15) is 5.11 Å². The summed E-state index contributed by atoms with van der Waals surface area (Å²) < 4.78 is 5.72. The van der Waals surface area contributed by atoms with Crippen molar-refractivity contribution < 1.29 is 9.84 Å². The third-order valence-corrected chi connectivity index (χ3v) is 3.56. The van der Waals surface area contributed by atoms with Crippen LogP contribution in [-0.2, 0) is 4.74 Å². The van der Waals surface area contributed by atoms with Gasteiger partial charge in [-0.1, -0.05) is 31.2 Å². The zero-order valence-corrected chi connectivity index (χ0v) is 8.23. The van der Waals surface area contributed by atoms with E-state index in [0.29, 0.717) is 6.61 Å². The van der Waals surface area contributed by atoms with E-state index in [-0.39, 0.29) is 17.6 Å². The van der Waals surface area contributed by atoms with Crippen LogP contribution in [0.4, 0.5) is 0 Å². The van der Waals surface area contributed by atoms with Crippen molar-refractivity contribution in [3.63, 3.8) is 0 Å². The quantitative estimate of drug-likeness (QED) is 0.679. The van der Waals surface area contributed by atoms with Crippen LogP contribution in [0.25, 0.3) is 0 Å². The van der Waals surface area contributed by atoms with Crippen LogP contribution in [0.15, 0.2) is 24.3 Å². The van der Waals surface area contributed by atoms with Crippen LogP contribution in [0.5, 0.6) is 0 Å². The fraction of sp³-hybridized carbons (Fsp3) is 0.500. The summed E-state index contributed by atoms with van der Waals surface area (Å²) in [6.45, 7) is 2.78. The number of aliphatic hydroxyl groups excluding tert-OH is 1. The highest BCUT2D eigenvalue weighted by molar-refractivity contribution is 5.36. The van der Waals surface area contributed by atoms with Gasteiger partial charge < -0.3 is 9.84 Å². The fourth-order valence-electron chi connectivity index (χ4n) is 2.65. The number of ether oxygens (including phenoxy) is 1. The van der Waals surface area contributed by atoms with Gasteiger partial charge in [0.1, 0.15) is 0 Å². The number of hydrogen-bond acceptors (Lipinski definition) is 2. The van der Waals surface area contributed by atoms with Crippen molar-refractivity contribution in [2.24, 2.45) is 5.41 Å². The molecule has 2 bridgehead atoms. The monoisotopic (exact) mass is 190 g/mol. The molecule has 0 spiro atoms. The zero-order valence-electron chi connectivity index (χ0n) is 8.23. The van der Waals surface area contributed by atoms with Gasteiger partial charge in [-0.2, -0.15) is 0 Å². The van der Waals surface area contributed by atoms with Gasteiger partial charge in [0.2, 0.25) is 0 Å². The number of hydrogen-bond donors (Lipinski definition) is 1. The van der Waals surface area contributed by atoms with Crippen LogP contribution in [0.2, 0.25) is 0 Å². The van der Waals surface area contributed by atoms with Gasteiger partial charge in [0.05, 0.1) is 18.8 Å². The second-order valence-electron chi connectivity index (χ2n) is 4.69. The lowest BCUT2D eigenvalue weighted by Gasteiger charge is -2.34. The van der Waals surface area contributed by atoms with Crippen LogP contribution in [0.3, 0.4) is 0 Å². The maximum atomic E-state index is 10.2. The minimum Gasteiger partial charge on any atom is -0.388 e. The molecule has 0 aromatic heterocycles. The predicted octanol–water partition coefficient (Wildman–Crippen LogP) is 2.20. The molecular formula is C12H14O2. The maximum Gasteiger partial charge on any atom is 0.0870 e. The highest BCUT2D eigenvalue weighted by atomic mass is 16.5. The summed E-state index contributed by atoms with van der Waals surface area (Å²) in [5.41, 5.74) is 2.16. The molecule has 1 aliphatic carbocycles. The predicted molar refractivity (Wildman–Crippen MR) is 52.8 cm³/mol. The second kappa shape index (κ2) is 2.59. The molecule has 2 heteroatoms. The van der Waals surface area contributed by atoms with Gasteiger partial charge >= 0.3 is 0 Å². The molecule has 1 aromatic rings. The summed E-state index contributed by atoms with van der Waals surface area (Å²) in [5, 5.41) is 10.2. The van der Waals surface area contributed by atoms with E-state index >= 15 is 0 Å². The lowest BCUT2D eigenvalue weighted by atomic mass is 9.72. The Kier molecular flexibility index (Phi) is 1.56. The molecule has 2 aliphatic rings. The Morgan fingerprint density at radius 3 is 2.86 bits per heavy atom. The molecule has 14 heavy (non-hydrogen) atoms. The molecular weight excluding hydrogens is 176 g/mol. The van der Waals surface area contributed by atoms with Crippen LogP contribution in [0, 0.1) is 5.41 Å². The van der Waals surface area contributed by atoms with Gasteiger partial charge in [-0.3, -0.25) is 0 Å². The number of fused-ring (bicyclic) bond motifs is 4. The van der Waals surface area contributed by atoms with Crippen molar-refractivity contribution in [1.29, 1.82) is 0 Å². The van der Waals surface area contributed by atoms with E-state index in [1.807, 2.05) is 18.2 Å². The maximum absolute atomic E-state index is 10.2. The fourth-order valence-corrected chi connectivity index (χ4v) is 2.65. The molecule has 0 radical (unpaired) electrons. The molecule has 1 fully saturated rings. The van der Waals surface area contributed by atoms with E-state index in [1.165, 1.54) is 5.56 Å². The number of benzene rings is 1. The summed E-state index contributed by atoms with van der Waals surface area (Å²) in [7, 11) is 0. The molecule has 3 unspecified atom stereocenters. The Morgan fingerprint density at radius 2 is 2.07 bits per heavy atom. The van der Waals surface area contributed by atoms with Gasteiger partial charge in [0, 0.05) is 5.41 Å². The van der Waals surface area contributed by atoms with E-state index in [1.54, 1.807) is 0 Å². The summed E-state index contributed by atoms with van der Waals surface area (Å²) in [6.07, 6.45) is 0.794. The highest BCUT2D eigenvalue weighted by Crippen LogP contribution is 2.54. The molecule has 1 N–H and O–H groups in total. The van der Waals surface area contributed by atoms with Crippen LogP contribution >= 0.6 is 0 Å². The van der Waals surface area contributed by atoms with Crippen LogP contribution < -0.4 is 0 Å². The Morgan fingerprint density at radius 1 is 1.36 bits per heavy atom. The molecule has 3 atom stereocenters. The standard InChI is InChI=1S/C12H14O2/c1-12-6-10(14-7-12)8-4-2-3-5-9(8)11(12)13/h2-5,10-11,13H,6-7H2,1H3. The van der Waals surface area contributed by atoms with Gasteiger partial charge in [-0.05, 0) is 17.5 Å². The third kappa shape index (κ3) is 0.928. The Hall–Kier alpha value is -0.860. The second-order valence-corrected chi connectivity index (χ2v) is 4.69. The normalized spacial score (nSPS) is 39.6. The summed E-state index contributed by atoms with van der Waals surface area (Å²) in [6, 6.07) is 8.07. The molecule has 3 rings (SSSR count). The SMILES string of the molecule is CC12COC(C1)c1ccccc1C2O. The lowest BCUT2D eigenvalue weighted by molar-refractivity contribution is 0.0288. The van der Waals surface area contributed by atoms with Gasteiger partial charge in [-0.15, -0.1) is 0 Å². The van der Waals surface area contributed by atoms with Crippen LogP contribution in [0.1, 0.15) is 36.7 Å². The Balaban J connectivity index is 2.19. The van der Waals surface area contributed by atoms with Crippen molar-refractivity contribution >= 4 is 0 Å². The molecule has 1 aromatic carbocycles. The molecule has 0 amide bonds. The summed E-state index contributed by atoms with van der Waals surface area (Å²) >= 11 is 0. The average molecular weight is 190 g/mol. The van der Waals surface area contributed by atoms with Crippen LogP contribution in [-0.4, -0.2) is 11.7 Å². The number of rotatable bonds is 0. The van der Waals surface area contributed by atoms with E-state index in [4.69, 9.17) is 4.74 Å². The number of aliphatic hydroxyl groups is 1. The third-order valence-electron chi connectivity index (χ3n) is 3.56. The Labute approximate surface area is 83.5 Å². The summed E-state index contributed by atoms with van der Waals surface area (Å²) in [5.74, 6) is 0. The minimum absolute atomic E-state index is 0.0704. The zero-order chi connectivity index (χ0) is 9.76.